The third kappa shape index (κ3) is 3.17. The number of benzene rings is 6. The average molecular weight is 611 g/mol. The summed E-state index contributed by atoms with van der Waals surface area (Å²) in [7, 11) is 0. The zero-order valence-corrected chi connectivity index (χ0v) is 27.1. The van der Waals surface area contributed by atoms with Crippen molar-refractivity contribution >= 4 is 55.1 Å². The summed E-state index contributed by atoms with van der Waals surface area (Å²) >= 11 is 0. The summed E-state index contributed by atoms with van der Waals surface area (Å²) in [6, 6.07) is 37.0. The van der Waals surface area contributed by atoms with Gasteiger partial charge in [0.2, 0.25) is 0 Å². The lowest BCUT2D eigenvalue weighted by molar-refractivity contribution is 0.847. The second-order valence-corrected chi connectivity index (χ2v) is 15.2. The highest BCUT2D eigenvalue weighted by molar-refractivity contribution is 6.14. The van der Waals surface area contributed by atoms with E-state index in [9.17, 15) is 0 Å². The number of hydrogen-bond acceptors (Lipinski definition) is 0. The first-order chi connectivity index (χ1) is 23.7. The first-order valence-corrected chi connectivity index (χ1v) is 17.8. The summed E-state index contributed by atoms with van der Waals surface area (Å²) in [5.41, 5.74) is 17.8. The molecule has 0 amide bonds. The van der Waals surface area contributed by atoms with Crippen molar-refractivity contribution in [2.24, 2.45) is 11.8 Å². The maximum absolute atomic E-state index is 2.57. The molecule has 0 heterocycles. The lowest BCUT2D eigenvalue weighted by Gasteiger charge is -2.27. The van der Waals surface area contributed by atoms with Gasteiger partial charge in [-0.25, -0.2) is 0 Å². The highest BCUT2D eigenvalue weighted by Crippen LogP contribution is 2.68. The smallest absolute Gasteiger partial charge is 0.0223 e. The van der Waals surface area contributed by atoms with Crippen LogP contribution in [0.15, 0.2) is 133 Å². The third-order valence-electron chi connectivity index (χ3n) is 12.9. The van der Waals surface area contributed by atoms with Crippen LogP contribution in [0.3, 0.4) is 0 Å². The fourth-order valence-electron chi connectivity index (χ4n) is 10.6. The summed E-state index contributed by atoms with van der Waals surface area (Å²) < 4.78 is 0. The SMILES string of the molecule is Cc1c2c(cc3ccccc13)C=CC1(c3c4ccccc4c(C4=CC=C5C6=C(C=CC7CC67)c6cccc(c65)C4)c4ccccc34)CC21. The van der Waals surface area contributed by atoms with Gasteiger partial charge in [0.05, 0.1) is 0 Å². The second-order valence-electron chi connectivity index (χ2n) is 15.2. The summed E-state index contributed by atoms with van der Waals surface area (Å²) in [4.78, 5) is 0. The lowest BCUT2D eigenvalue weighted by Crippen LogP contribution is -2.13. The van der Waals surface area contributed by atoms with E-state index < -0.39 is 0 Å². The van der Waals surface area contributed by atoms with Crippen molar-refractivity contribution in [1.29, 1.82) is 0 Å². The van der Waals surface area contributed by atoms with Gasteiger partial charge in [-0.3, -0.25) is 0 Å². The molecule has 0 aliphatic heterocycles. The van der Waals surface area contributed by atoms with Crippen molar-refractivity contribution in [2.75, 3.05) is 0 Å². The van der Waals surface area contributed by atoms with Crippen LogP contribution in [0.25, 0.3) is 55.1 Å². The van der Waals surface area contributed by atoms with Crippen LogP contribution >= 0.6 is 0 Å². The standard InChI is InChI=1S/C48H34/c1-27-33-11-3-2-9-28(33)23-32-21-22-48(26-42(48)43(27)32)47-38-14-6-4-12-35(38)44(36-13-5-7-15-39(36)47)31-18-20-40-45-30(24-31)10-8-16-34(45)37-19-17-29-25-41(29)46(37)40/h2-23,29,41-42H,24-26H2,1H3. The Morgan fingerprint density at radius 2 is 1.46 bits per heavy atom. The molecule has 6 aromatic rings. The molecule has 0 N–H and O–H groups in total. The van der Waals surface area contributed by atoms with Gasteiger partial charge in [-0.1, -0.05) is 127 Å². The highest BCUT2D eigenvalue weighted by atomic mass is 14.6. The Labute approximate surface area is 281 Å². The molecule has 48 heavy (non-hydrogen) atoms. The number of aryl methyl sites for hydroxylation is 1. The zero-order valence-electron chi connectivity index (χ0n) is 27.1. The maximum atomic E-state index is 2.57. The minimum Gasteiger partial charge on any atom is -0.0802 e. The van der Waals surface area contributed by atoms with Crippen LogP contribution in [-0.4, -0.2) is 0 Å². The Bertz CT molecular complexity index is 2610. The molecule has 6 aliphatic carbocycles. The molecule has 6 aromatic carbocycles. The monoisotopic (exact) mass is 610 g/mol. The molecule has 0 bridgehead atoms. The van der Waals surface area contributed by atoms with Crippen molar-refractivity contribution in [3.63, 3.8) is 0 Å². The molecule has 226 valence electrons. The molecule has 2 saturated carbocycles. The van der Waals surface area contributed by atoms with Gasteiger partial charge in [-0.2, -0.15) is 0 Å². The number of fused-ring (bicyclic) bond motifs is 10. The Morgan fingerprint density at radius 3 is 2.27 bits per heavy atom. The van der Waals surface area contributed by atoms with Crippen LogP contribution in [0.5, 0.6) is 0 Å². The minimum absolute atomic E-state index is 0.0172. The highest BCUT2D eigenvalue weighted by Gasteiger charge is 2.58. The predicted molar refractivity (Wildman–Crippen MR) is 202 cm³/mol. The largest absolute Gasteiger partial charge is 0.0802 e. The van der Waals surface area contributed by atoms with E-state index in [0.717, 1.165) is 12.3 Å². The molecule has 6 aliphatic rings. The van der Waals surface area contributed by atoms with Crippen LogP contribution < -0.4 is 0 Å². The van der Waals surface area contributed by atoms with Crippen LogP contribution in [0, 0.1) is 18.8 Å². The molecule has 12 rings (SSSR count). The van der Waals surface area contributed by atoms with Crippen molar-refractivity contribution in [1.82, 2.24) is 0 Å². The van der Waals surface area contributed by atoms with Crippen molar-refractivity contribution in [2.45, 2.75) is 37.5 Å². The van der Waals surface area contributed by atoms with Gasteiger partial charge in [0, 0.05) is 5.41 Å². The molecule has 0 aromatic heterocycles. The average Bonchev–Trinajstić information content (AvgIpc) is 4.04. The molecular weight excluding hydrogens is 577 g/mol. The normalized spacial score (nSPS) is 25.2. The van der Waals surface area contributed by atoms with E-state index in [1.807, 2.05) is 0 Å². The molecule has 2 fully saturated rings. The van der Waals surface area contributed by atoms with Gasteiger partial charge in [-0.15, -0.1) is 0 Å². The van der Waals surface area contributed by atoms with Gasteiger partial charge in [0.25, 0.3) is 0 Å². The Hall–Kier alpha value is -5.20. The molecule has 0 saturated heterocycles. The van der Waals surface area contributed by atoms with Crippen LogP contribution in [0.1, 0.15) is 63.3 Å². The van der Waals surface area contributed by atoms with Crippen molar-refractivity contribution in [3.05, 3.63) is 178 Å². The molecule has 0 spiro atoms. The summed E-state index contributed by atoms with van der Waals surface area (Å²) in [6.45, 7) is 2.35. The van der Waals surface area contributed by atoms with Gasteiger partial charge in [0.15, 0.2) is 0 Å². The first kappa shape index (κ1) is 25.8. The first-order valence-electron chi connectivity index (χ1n) is 17.8. The second kappa shape index (κ2) is 8.82. The maximum Gasteiger partial charge on any atom is 0.0223 e. The van der Waals surface area contributed by atoms with Gasteiger partial charge < -0.3 is 0 Å². The summed E-state index contributed by atoms with van der Waals surface area (Å²) in [5, 5.41) is 8.35. The quantitative estimate of drug-likeness (QED) is 0.171. The third-order valence-corrected chi connectivity index (χ3v) is 12.9. The van der Waals surface area contributed by atoms with E-state index >= 15 is 0 Å². The van der Waals surface area contributed by atoms with Gasteiger partial charge in [-0.05, 0) is 149 Å². The van der Waals surface area contributed by atoms with Crippen molar-refractivity contribution < 1.29 is 0 Å². The van der Waals surface area contributed by atoms with E-state index in [4.69, 9.17) is 0 Å². The molecular formula is C48H34. The lowest BCUT2D eigenvalue weighted by atomic mass is 9.76. The summed E-state index contributed by atoms with van der Waals surface area (Å²) in [5.74, 6) is 1.95. The van der Waals surface area contributed by atoms with E-state index in [2.05, 4.69) is 140 Å². The molecule has 4 atom stereocenters. The Kier molecular flexibility index (Phi) is 4.75. The Balaban J connectivity index is 1.08. The topological polar surface area (TPSA) is 0 Å². The van der Waals surface area contributed by atoms with Crippen LogP contribution in [-0.2, 0) is 11.8 Å². The van der Waals surface area contributed by atoms with E-state index in [0.29, 0.717) is 11.8 Å². The molecule has 0 nitrogen and oxygen atoms in total. The van der Waals surface area contributed by atoms with Crippen molar-refractivity contribution in [3.8, 4) is 0 Å². The molecule has 4 unspecified atom stereocenters. The fraction of sp³-hybridized carbons (Fsp3) is 0.167. The molecule has 0 heteroatoms. The Morgan fingerprint density at radius 1 is 0.708 bits per heavy atom. The summed E-state index contributed by atoms with van der Waals surface area (Å²) in [6.07, 6.45) is 18.3. The predicted octanol–water partition coefficient (Wildman–Crippen LogP) is 11.9. The molecule has 0 radical (unpaired) electrons. The van der Waals surface area contributed by atoms with Gasteiger partial charge >= 0.3 is 0 Å². The van der Waals surface area contributed by atoms with Gasteiger partial charge in [0.1, 0.15) is 0 Å². The number of allylic oxidation sites excluding steroid dienone is 9. The number of hydrogen-bond donors (Lipinski definition) is 0. The number of rotatable bonds is 2. The van der Waals surface area contributed by atoms with Crippen LogP contribution in [0.4, 0.5) is 0 Å². The van der Waals surface area contributed by atoms with E-state index in [1.165, 1.54) is 101 Å². The van der Waals surface area contributed by atoms with Crippen LogP contribution in [0.2, 0.25) is 0 Å². The minimum atomic E-state index is 0.0172. The van der Waals surface area contributed by atoms with E-state index in [1.54, 1.807) is 11.1 Å². The van der Waals surface area contributed by atoms with E-state index in [-0.39, 0.29) is 5.41 Å². The zero-order chi connectivity index (χ0) is 31.3. The fourth-order valence-corrected chi connectivity index (χ4v) is 10.6.